The fraction of sp³-hybridized carbons (Fsp3) is 0.538. The number of aryl methyl sites for hydroxylation is 1. The summed E-state index contributed by atoms with van der Waals surface area (Å²) in [5.41, 5.74) is -0.172. The molecular formula is C26H33F5N6OS. The molecule has 0 spiro atoms. The molecule has 2 aliphatic heterocycles. The molecule has 1 aromatic rings. The largest absolute Gasteiger partial charge is 0.417 e. The van der Waals surface area contributed by atoms with Crippen LogP contribution in [0.4, 0.5) is 22.0 Å². The van der Waals surface area contributed by atoms with Gasteiger partial charge in [-0.3, -0.25) is 9.79 Å². The van der Waals surface area contributed by atoms with E-state index in [0.29, 0.717) is 21.9 Å². The zero-order valence-electron chi connectivity index (χ0n) is 22.4. The van der Waals surface area contributed by atoms with E-state index in [1.807, 2.05) is 6.92 Å². The molecule has 0 radical (unpaired) electrons. The van der Waals surface area contributed by atoms with Crippen molar-refractivity contribution in [2.45, 2.75) is 71.8 Å². The molecule has 3 unspecified atom stereocenters. The first-order valence-corrected chi connectivity index (χ1v) is 13.4. The summed E-state index contributed by atoms with van der Waals surface area (Å²) in [6.07, 6.45) is 1.54. The molecule has 39 heavy (non-hydrogen) atoms. The zero-order chi connectivity index (χ0) is 29.0. The molecule has 2 aliphatic rings. The fourth-order valence-corrected chi connectivity index (χ4v) is 5.35. The van der Waals surface area contributed by atoms with Gasteiger partial charge in [-0.15, -0.1) is 11.3 Å². The molecule has 3 heterocycles. The van der Waals surface area contributed by atoms with Crippen molar-refractivity contribution in [1.29, 1.82) is 0 Å². The summed E-state index contributed by atoms with van der Waals surface area (Å²) >= 11 is 1.26. The third-order valence-electron chi connectivity index (χ3n) is 6.61. The van der Waals surface area contributed by atoms with Gasteiger partial charge < -0.3 is 15.5 Å². The normalized spacial score (nSPS) is 24.1. The molecule has 7 nitrogen and oxygen atoms in total. The maximum absolute atomic E-state index is 14.7. The van der Waals surface area contributed by atoms with Crippen LogP contribution in [0.1, 0.15) is 67.1 Å². The molecule has 3 rings (SSSR count). The number of likely N-dealkylation sites (tertiary alicyclic amines) is 1. The minimum absolute atomic E-state index is 0.0191. The van der Waals surface area contributed by atoms with Crippen molar-refractivity contribution < 1.29 is 26.7 Å². The number of hydrogen-bond donors (Lipinski definition) is 2. The van der Waals surface area contributed by atoms with Gasteiger partial charge >= 0.3 is 6.18 Å². The van der Waals surface area contributed by atoms with E-state index in [0.717, 1.165) is 17.2 Å². The maximum atomic E-state index is 14.7. The predicted molar refractivity (Wildman–Crippen MR) is 143 cm³/mol. The number of alkyl halides is 5. The third kappa shape index (κ3) is 7.52. The lowest BCUT2D eigenvalue weighted by atomic mass is 9.88. The SMILES string of the molecule is C\C=C(/C=N\C(NCC1C(C)CC(F)(F)CN1C(=O)c1nc(C)sc1C1N=CC=CN1)=C(\C)CC)C(F)(F)F. The molecule has 0 aromatic carbocycles. The Morgan fingerprint density at radius 3 is 2.69 bits per heavy atom. The van der Waals surface area contributed by atoms with Gasteiger partial charge in [0.05, 0.1) is 28.0 Å². The number of halogens is 5. The Kier molecular flexibility index (Phi) is 9.68. The van der Waals surface area contributed by atoms with Crippen LogP contribution in [-0.2, 0) is 0 Å². The third-order valence-corrected chi connectivity index (χ3v) is 7.63. The zero-order valence-corrected chi connectivity index (χ0v) is 23.3. The summed E-state index contributed by atoms with van der Waals surface area (Å²) in [4.78, 5) is 28.1. The number of hydrogen-bond acceptors (Lipinski definition) is 7. The fourth-order valence-electron chi connectivity index (χ4n) is 4.43. The minimum Gasteiger partial charge on any atom is -0.368 e. The van der Waals surface area contributed by atoms with Gasteiger partial charge in [0.1, 0.15) is 11.5 Å². The van der Waals surface area contributed by atoms with E-state index in [1.54, 1.807) is 39.3 Å². The maximum Gasteiger partial charge on any atom is 0.417 e. The van der Waals surface area contributed by atoms with Crippen LogP contribution in [0.3, 0.4) is 0 Å². The summed E-state index contributed by atoms with van der Waals surface area (Å²) < 4.78 is 69.0. The summed E-state index contributed by atoms with van der Waals surface area (Å²) in [7, 11) is 0. The number of nitrogens with one attached hydrogen (secondary N) is 2. The lowest BCUT2D eigenvalue weighted by Crippen LogP contribution is -2.58. The van der Waals surface area contributed by atoms with Gasteiger partial charge in [-0.05, 0) is 51.0 Å². The Bertz CT molecular complexity index is 1200. The average molecular weight is 573 g/mol. The highest BCUT2D eigenvalue weighted by molar-refractivity contribution is 7.12. The first-order valence-electron chi connectivity index (χ1n) is 12.6. The number of carbonyl (C=O) groups is 1. The number of carbonyl (C=O) groups excluding carboxylic acids is 1. The van der Waals surface area contributed by atoms with Crippen molar-refractivity contribution in [3.8, 4) is 0 Å². The van der Waals surface area contributed by atoms with E-state index >= 15 is 0 Å². The molecule has 1 amide bonds. The van der Waals surface area contributed by atoms with Gasteiger partial charge in [0, 0.05) is 25.4 Å². The number of aliphatic imine (C=N–C) groups is 2. The molecule has 0 bridgehead atoms. The van der Waals surface area contributed by atoms with Crippen molar-refractivity contribution in [2.24, 2.45) is 15.9 Å². The highest BCUT2D eigenvalue weighted by Gasteiger charge is 2.47. The first-order chi connectivity index (χ1) is 18.3. The Morgan fingerprint density at radius 1 is 1.38 bits per heavy atom. The van der Waals surface area contributed by atoms with Gasteiger partial charge in [0.25, 0.3) is 11.8 Å². The second kappa shape index (κ2) is 12.4. The molecule has 1 fully saturated rings. The number of nitrogens with zero attached hydrogens (tertiary/aromatic N) is 4. The number of amides is 1. The van der Waals surface area contributed by atoms with Crippen LogP contribution in [0, 0.1) is 12.8 Å². The molecule has 13 heteroatoms. The lowest BCUT2D eigenvalue weighted by molar-refractivity contribution is -0.0913. The van der Waals surface area contributed by atoms with Crippen LogP contribution in [-0.4, -0.2) is 59.5 Å². The number of thiazole rings is 1. The smallest absolute Gasteiger partial charge is 0.368 e. The quantitative estimate of drug-likeness (QED) is 0.299. The van der Waals surface area contributed by atoms with E-state index in [4.69, 9.17) is 0 Å². The topological polar surface area (TPSA) is 82.0 Å². The Labute approximate surface area is 228 Å². The Morgan fingerprint density at radius 2 is 2.10 bits per heavy atom. The number of allylic oxidation sites excluding steroid dienone is 4. The average Bonchev–Trinajstić information content (AvgIpc) is 3.26. The second-order valence-electron chi connectivity index (χ2n) is 9.57. The van der Waals surface area contributed by atoms with Crippen molar-refractivity contribution in [3.63, 3.8) is 0 Å². The summed E-state index contributed by atoms with van der Waals surface area (Å²) in [5.74, 6) is -4.16. The van der Waals surface area contributed by atoms with Crippen LogP contribution in [0.25, 0.3) is 0 Å². The van der Waals surface area contributed by atoms with E-state index in [-0.39, 0.29) is 18.1 Å². The second-order valence-corrected chi connectivity index (χ2v) is 10.8. The van der Waals surface area contributed by atoms with Crippen molar-refractivity contribution in [2.75, 3.05) is 13.1 Å². The molecule has 2 N–H and O–H groups in total. The van der Waals surface area contributed by atoms with Crippen LogP contribution in [0.5, 0.6) is 0 Å². The number of aromatic nitrogens is 1. The van der Waals surface area contributed by atoms with Crippen LogP contribution in [0.15, 0.2) is 45.3 Å². The Balaban J connectivity index is 1.90. The molecule has 214 valence electrons. The summed E-state index contributed by atoms with van der Waals surface area (Å²) in [6.45, 7) is 7.39. The highest BCUT2D eigenvalue weighted by Crippen LogP contribution is 2.37. The summed E-state index contributed by atoms with van der Waals surface area (Å²) in [5, 5.41) is 6.66. The van der Waals surface area contributed by atoms with Crippen molar-refractivity contribution in [1.82, 2.24) is 20.5 Å². The molecule has 0 aliphatic carbocycles. The van der Waals surface area contributed by atoms with Crippen molar-refractivity contribution in [3.05, 3.63) is 50.9 Å². The first kappa shape index (κ1) is 30.5. The van der Waals surface area contributed by atoms with Crippen molar-refractivity contribution >= 4 is 29.7 Å². The van der Waals surface area contributed by atoms with Crippen LogP contribution < -0.4 is 10.6 Å². The summed E-state index contributed by atoms with van der Waals surface area (Å²) in [6, 6.07) is -0.687. The molecule has 1 aromatic heterocycles. The van der Waals surface area contributed by atoms with Gasteiger partial charge in [0.15, 0.2) is 6.17 Å². The van der Waals surface area contributed by atoms with Gasteiger partial charge in [-0.1, -0.05) is 19.9 Å². The van der Waals surface area contributed by atoms with Gasteiger partial charge in [0.2, 0.25) is 0 Å². The highest BCUT2D eigenvalue weighted by atomic mass is 32.1. The minimum atomic E-state index is -4.56. The predicted octanol–water partition coefficient (Wildman–Crippen LogP) is 5.93. The van der Waals surface area contributed by atoms with Gasteiger partial charge in [-0.2, -0.15) is 13.2 Å². The molecule has 3 atom stereocenters. The number of piperidine rings is 1. The monoisotopic (exact) mass is 572 g/mol. The standard InChI is InChI=1S/C26H33F5N6OS/c1-6-15(3)22(34-12-18(7-2)26(29,30)31)35-13-19-16(4)11-25(27,28)14-37(19)24(38)20-21(39-17(5)36-20)23-32-9-8-10-33-23/h7-10,12,16,19,23,32,35H,6,11,13-14H2,1-5H3/b18-7+,22-15+,34-12-. The number of rotatable bonds is 8. The van der Waals surface area contributed by atoms with E-state index in [9.17, 15) is 26.7 Å². The van der Waals surface area contributed by atoms with E-state index < -0.39 is 54.7 Å². The molecule has 1 saturated heterocycles. The van der Waals surface area contributed by atoms with Crippen LogP contribution in [0.2, 0.25) is 0 Å². The van der Waals surface area contributed by atoms with E-state index in [1.165, 1.54) is 18.3 Å². The molecular weight excluding hydrogens is 539 g/mol. The van der Waals surface area contributed by atoms with E-state index in [2.05, 4.69) is 25.6 Å². The van der Waals surface area contributed by atoms with Crippen LogP contribution >= 0.6 is 11.3 Å². The lowest BCUT2D eigenvalue weighted by Gasteiger charge is -2.43. The molecule has 0 saturated carbocycles. The Hall–Kier alpha value is -3.09. The van der Waals surface area contributed by atoms with Gasteiger partial charge in [-0.25, -0.2) is 18.8 Å².